The molecule has 0 N–H and O–H groups in total. The number of hydrogen-bond donors (Lipinski definition) is 0. The van der Waals surface area contributed by atoms with Crippen LogP contribution in [0.1, 0.15) is 0 Å². The van der Waals surface area contributed by atoms with E-state index in [1.807, 2.05) is 0 Å². The number of hydrogen-bond acceptors (Lipinski definition) is 0. The van der Waals surface area contributed by atoms with Crippen LogP contribution in [0.25, 0.3) is 54.6 Å². The van der Waals surface area contributed by atoms with Crippen LogP contribution in [0, 0.1) is 116 Å². The number of benzene rings is 6. The fourth-order valence-corrected chi connectivity index (χ4v) is 5.36. The highest BCUT2D eigenvalue weighted by atomic mass is 19.2. The highest BCUT2D eigenvalue weighted by molar-refractivity contribution is 5.98. The number of fused-ring (bicyclic) bond motifs is 3. The molecule has 0 heterocycles. The average Bonchev–Trinajstić information content (AvgIpc) is 3.07. The van der Waals surface area contributed by atoms with E-state index < -0.39 is 171 Å². The summed E-state index contributed by atoms with van der Waals surface area (Å²) in [5.41, 5.74) is -10.8. The lowest BCUT2D eigenvalue weighted by atomic mass is 9.91. The lowest BCUT2D eigenvalue weighted by Gasteiger charge is -2.18. The van der Waals surface area contributed by atoms with Crippen LogP contribution < -0.4 is 0 Å². The van der Waals surface area contributed by atoms with Crippen molar-refractivity contribution in [1.29, 1.82) is 0 Å². The third kappa shape index (κ3) is 4.09. The second-order valence-corrected chi connectivity index (χ2v) is 10.0. The molecule has 260 valence electrons. The largest absolute Gasteiger partial charge is 0.205 e. The molecule has 0 nitrogen and oxygen atoms in total. The topological polar surface area (TPSA) is 0 Å². The van der Waals surface area contributed by atoms with Gasteiger partial charge in [0.2, 0.25) is 0 Å². The van der Waals surface area contributed by atoms with E-state index in [9.17, 15) is 52.7 Å². The molecule has 6 rings (SSSR count). The predicted molar refractivity (Wildman–Crippen MR) is 129 cm³/mol. The van der Waals surface area contributed by atoms with Gasteiger partial charge >= 0.3 is 0 Å². The second-order valence-electron chi connectivity index (χ2n) is 10.0. The predicted octanol–water partition coefficient (Wildman–Crippen LogP) is 11.3. The van der Waals surface area contributed by atoms with Gasteiger partial charge in [0.25, 0.3) is 0 Å². The second kappa shape index (κ2) is 11.1. The van der Waals surface area contributed by atoms with E-state index in [2.05, 4.69) is 0 Å². The molecule has 0 aromatic heterocycles. The zero-order valence-electron chi connectivity index (χ0n) is 22.6. The molecule has 6 aromatic carbocycles. The monoisotopic (exact) mass is 740 g/mol. The van der Waals surface area contributed by atoms with Crippen molar-refractivity contribution < 1.29 is 87.8 Å². The summed E-state index contributed by atoms with van der Waals surface area (Å²) in [7, 11) is 0. The van der Waals surface area contributed by atoms with Crippen molar-refractivity contribution in [3.05, 3.63) is 116 Å². The molecule has 0 unspecified atom stereocenters. The summed E-state index contributed by atoms with van der Waals surface area (Å²) in [4.78, 5) is 0. The minimum absolute atomic E-state index is 2.35. The molecular formula is C30F20. The number of rotatable bonds is 2. The Labute approximate surface area is 259 Å². The van der Waals surface area contributed by atoms with E-state index >= 15 is 35.1 Å². The van der Waals surface area contributed by atoms with Crippen LogP contribution in [-0.4, -0.2) is 0 Å². The van der Waals surface area contributed by atoms with Crippen LogP contribution in [0.5, 0.6) is 0 Å². The van der Waals surface area contributed by atoms with Crippen LogP contribution in [0.3, 0.4) is 0 Å². The maximum atomic E-state index is 15.7. The summed E-state index contributed by atoms with van der Waals surface area (Å²) in [6, 6.07) is 0. The Balaban J connectivity index is 1.78. The summed E-state index contributed by atoms with van der Waals surface area (Å²) in [5, 5.41) is -14.7. The number of halogens is 20. The molecule has 0 bridgehead atoms. The van der Waals surface area contributed by atoms with Crippen molar-refractivity contribution in [2.24, 2.45) is 0 Å². The first-order chi connectivity index (χ1) is 23.2. The summed E-state index contributed by atoms with van der Waals surface area (Å²) in [5.74, 6) is -59.2. The van der Waals surface area contributed by atoms with Crippen molar-refractivity contribution in [3.8, 4) is 22.3 Å². The van der Waals surface area contributed by atoms with Crippen LogP contribution in [0.4, 0.5) is 87.8 Å². The molecular weight excluding hydrogens is 740 g/mol. The third-order valence-corrected chi connectivity index (χ3v) is 7.57. The Morgan fingerprint density at radius 2 is 0.240 bits per heavy atom. The van der Waals surface area contributed by atoms with Crippen molar-refractivity contribution >= 4 is 32.3 Å². The molecule has 0 aliphatic rings. The Bertz CT molecular complexity index is 2410. The molecule has 0 saturated heterocycles. The van der Waals surface area contributed by atoms with Crippen molar-refractivity contribution in [3.63, 3.8) is 0 Å². The first kappa shape index (κ1) is 34.6. The van der Waals surface area contributed by atoms with Gasteiger partial charge in [0, 0.05) is 0 Å². The Kier molecular flexibility index (Phi) is 7.68. The normalized spacial score (nSPS) is 12.0. The molecule has 0 radical (unpaired) electrons. The van der Waals surface area contributed by atoms with E-state index in [0.29, 0.717) is 0 Å². The molecule has 0 fully saturated rings. The molecule has 0 aliphatic carbocycles. The lowest BCUT2D eigenvalue weighted by molar-refractivity contribution is 0.412. The zero-order chi connectivity index (χ0) is 37.3. The maximum absolute atomic E-state index is 15.7. The van der Waals surface area contributed by atoms with Gasteiger partial charge in [0.15, 0.2) is 93.1 Å². The van der Waals surface area contributed by atoms with Gasteiger partial charge in [0.05, 0.1) is 54.6 Å². The molecule has 0 saturated carbocycles. The van der Waals surface area contributed by atoms with E-state index in [4.69, 9.17) is 0 Å². The first-order valence-electron chi connectivity index (χ1n) is 12.5. The van der Waals surface area contributed by atoms with Crippen LogP contribution in [0.2, 0.25) is 0 Å². The molecule has 0 atom stereocenters. The SMILES string of the molecule is Fc1c(F)c(F)c2c(F)c(-c3c(F)c(F)c4c(F)c(-c5c(F)c(F)c6c(F)c(F)c(F)c(F)c6c5F)c(F)c(F)c4c3F)c(F)c(F)c2c1F. The molecule has 20 heteroatoms. The van der Waals surface area contributed by atoms with Gasteiger partial charge in [0.1, 0.15) is 23.3 Å². The maximum Gasteiger partial charge on any atom is 0.198 e. The van der Waals surface area contributed by atoms with E-state index in [-0.39, 0.29) is 0 Å². The smallest absolute Gasteiger partial charge is 0.198 e. The first-order valence-corrected chi connectivity index (χ1v) is 12.5. The summed E-state index contributed by atoms with van der Waals surface area (Å²) >= 11 is 0. The standard InChI is InChI=1S/C30F20/c31-11-1-2(16(36)18(38)3(11)5-13(33)7-9(21(41)19(5)39)25(45)29(49)27(47)23(7)43)12(32)4(17(37)15(1)35)6-14(34)8-10(22(42)20(6)40)26(46)30(50)28(48)24(8)44. The van der Waals surface area contributed by atoms with E-state index in [0.717, 1.165) is 0 Å². The van der Waals surface area contributed by atoms with Crippen molar-refractivity contribution in [1.82, 2.24) is 0 Å². The minimum atomic E-state index is -3.15. The Morgan fingerprint density at radius 3 is 0.400 bits per heavy atom. The molecule has 50 heavy (non-hydrogen) atoms. The van der Waals surface area contributed by atoms with Crippen molar-refractivity contribution in [2.45, 2.75) is 0 Å². The van der Waals surface area contributed by atoms with Crippen LogP contribution in [-0.2, 0) is 0 Å². The van der Waals surface area contributed by atoms with Crippen molar-refractivity contribution in [2.75, 3.05) is 0 Å². The minimum Gasteiger partial charge on any atom is -0.205 e. The van der Waals surface area contributed by atoms with Gasteiger partial charge in [-0.1, -0.05) is 0 Å². The molecule has 0 amide bonds. The Morgan fingerprint density at radius 1 is 0.120 bits per heavy atom. The van der Waals surface area contributed by atoms with Crippen LogP contribution >= 0.6 is 0 Å². The van der Waals surface area contributed by atoms with Gasteiger partial charge in [-0.05, 0) is 0 Å². The molecule has 6 aromatic rings. The third-order valence-electron chi connectivity index (χ3n) is 7.57. The average molecular weight is 740 g/mol. The van der Waals surface area contributed by atoms with Gasteiger partial charge in [-0.2, -0.15) is 0 Å². The van der Waals surface area contributed by atoms with Crippen LogP contribution in [0.15, 0.2) is 0 Å². The highest BCUT2D eigenvalue weighted by Crippen LogP contribution is 2.47. The quantitative estimate of drug-likeness (QED) is 0.0942. The summed E-state index contributed by atoms with van der Waals surface area (Å²) in [6.07, 6.45) is 0. The Hall–Kier alpha value is -5.30. The fraction of sp³-hybridized carbons (Fsp3) is 0. The van der Waals surface area contributed by atoms with Gasteiger partial charge in [-0.25, -0.2) is 87.8 Å². The van der Waals surface area contributed by atoms with Gasteiger partial charge < -0.3 is 0 Å². The fourth-order valence-electron chi connectivity index (χ4n) is 5.36. The molecule has 0 spiro atoms. The van der Waals surface area contributed by atoms with E-state index in [1.165, 1.54) is 0 Å². The van der Waals surface area contributed by atoms with Gasteiger partial charge in [-0.15, -0.1) is 0 Å². The lowest BCUT2D eigenvalue weighted by Crippen LogP contribution is -2.11. The van der Waals surface area contributed by atoms with Gasteiger partial charge in [-0.3, -0.25) is 0 Å². The molecule has 0 aliphatic heterocycles. The zero-order valence-corrected chi connectivity index (χ0v) is 22.6. The highest BCUT2D eigenvalue weighted by Gasteiger charge is 2.39. The summed E-state index contributed by atoms with van der Waals surface area (Å²) < 4.78 is 295. The van der Waals surface area contributed by atoms with E-state index in [1.54, 1.807) is 0 Å². The summed E-state index contributed by atoms with van der Waals surface area (Å²) in [6.45, 7) is 0.